The van der Waals surface area contributed by atoms with Gasteiger partial charge in [0.1, 0.15) is 6.54 Å². The summed E-state index contributed by atoms with van der Waals surface area (Å²) in [6, 6.07) is 7.87. The van der Waals surface area contributed by atoms with E-state index in [0.29, 0.717) is 6.54 Å². The van der Waals surface area contributed by atoms with Crippen molar-refractivity contribution in [2.24, 2.45) is 0 Å². The maximum absolute atomic E-state index is 12.0. The van der Waals surface area contributed by atoms with E-state index in [4.69, 9.17) is 0 Å². The molecule has 1 heterocycles. The Bertz CT molecular complexity index is 604. The van der Waals surface area contributed by atoms with Gasteiger partial charge in [0.15, 0.2) is 0 Å². The second-order valence-electron chi connectivity index (χ2n) is 5.80. The highest BCUT2D eigenvalue weighted by atomic mass is 16.1. The van der Waals surface area contributed by atoms with Crippen LogP contribution in [0.4, 0.5) is 0 Å². The average molecular weight is 316 g/mol. The molecule has 2 aromatic rings. The molecule has 0 aliphatic carbocycles. The predicted octanol–water partition coefficient (Wildman–Crippen LogP) is 2.66. The Morgan fingerprint density at radius 3 is 2.74 bits per heavy atom. The summed E-state index contributed by atoms with van der Waals surface area (Å²) in [5.74, 6) is 0.0527. The molecule has 5 heteroatoms. The van der Waals surface area contributed by atoms with Crippen molar-refractivity contribution >= 4 is 16.9 Å². The van der Waals surface area contributed by atoms with Gasteiger partial charge in [0, 0.05) is 6.54 Å². The summed E-state index contributed by atoms with van der Waals surface area (Å²) in [6.07, 6.45) is 5.13. The Morgan fingerprint density at radius 2 is 1.96 bits per heavy atom. The first-order chi connectivity index (χ1) is 11.2. The summed E-state index contributed by atoms with van der Waals surface area (Å²) < 4.78 is 1.89. The molecule has 1 amide bonds. The second-order valence-corrected chi connectivity index (χ2v) is 5.80. The molecular formula is C18H28N4O. The van der Waals surface area contributed by atoms with Gasteiger partial charge in [0.05, 0.1) is 17.4 Å². The number of benzene rings is 1. The SMILES string of the molecule is CCN(CC)CCCCCNC(=O)Cn1cnc2ccccc21. The minimum atomic E-state index is 0.0527. The van der Waals surface area contributed by atoms with Crippen molar-refractivity contribution in [1.82, 2.24) is 19.8 Å². The number of nitrogens with zero attached hydrogens (tertiary/aromatic N) is 3. The number of para-hydroxylation sites is 2. The molecule has 0 atom stereocenters. The zero-order valence-corrected chi connectivity index (χ0v) is 14.3. The fraction of sp³-hybridized carbons (Fsp3) is 0.556. The van der Waals surface area contributed by atoms with Crippen LogP contribution in [0, 0.1) is 0 Å². The van der Waals surface area contributed by atoms with E-state index in [1.807, 2.05) is 28.8 Å². The number of carbonyl (C=O) groups is 1. The zero-order valence-electron chi connectivity index (χ0n) is 14.3. The van der Waals surface area contributed by atoms with Gasteiger partial charge in [0.2, 0.25) is 5.91 Å². The third kappa shape index (κ3) is 5.36. The molecule has 5 nitrogen and oxygen atoms in total. The Balaban J connectivity index is 1.64. The van der Waals surface area contributed by atoms with Crippen LogP contribution in [0.15, 0.2) is 30.6 Å². The Hall–Kier alpha value is -1.88. The van der Waals surface area contributed by atoms with Crippen molar-refractivity contribution in [3.05, 3.63) is 30.6 Å². The largest absolute Gasteiger partial charge is 0.355 e. The molecule has 0 unspecified atom stereocenters. The van der Waals surface area contributed by atoms with Crippen molar-refractivity contribution < 1.29 is 4.79 Å². The summed E-state index contributed by atoms with van der Waals surface area (Å²) in [6.45, 7) is 8.87. The van der Waals surface area contributed by atoms with Crippen LogP contribution in [-0.2, 0) is 11.3 Å². The lowest BCUT2D eigenvalue weighted by Crippen LogP contribution is -2.28. The van der Waals surface area contributed by atoms with E-state index < -0.39 is 0 Å². The standard InChI is InChI=1S/C18H28N4O/c1-3-21(4-2)13-9-5-8-12-19-18(23)14-22-15-20-16-10-6-7-11-17(16)22/h6-7,10-11,15H,3-5,8-9,12-14H2,1-2H3,(H,19,23). The van der Waals surface area contributed by atoms with E-state index >= 15 is 0 Å². The van der Waals surface area contributed by atoms with Crippen molar-refractivity contribution in [3.63, 3.8) is 0 Å². The summed E-state index contributed by atoms with van der Waals surface area (Å²) in [7, 11) is 0. The summed E-state index contributed by atoms with van der Waals surface area (Å²) in [4.78, 5) is 18.8. The number of hydrogen-bond donors (Lipinski definition) is 1. The molecule has 0 aliphatic rings. The van der Waals surface area contributed by atoms with Gasteiger partial charge in [-0.1, -0.05) is 32.4 Å². The highest BCUT2D eigenvalue weighted by Crippen LogP contribution is 2.11. The second kappa shape index (κ2) is 9.30. The summed E-state index contributed by atoms with van der Waals surface area (Å²) in [5, 5.41) is 3.00. The molecule has 126 valence electrons. The van der Waals surface area contributed by atoms with Crippen molar-refractivity contribution in [3.8, 4) is 0 Å². The normalized spacial score (nSPS) is 11.3. The zero-order chi connectivity index (χ0) is 16.5. The van der Waals surface area contributed by atoms with Crippen LogP contribution in [0.1, 0.15) is 33.1 Å². The number of unbranched alkanes of at least 4 members (excludes halogenated alkanes) is 2. The number of imidazole rings is 1. The van der Waals surface area contributed by atoms with Crippen molar-refractivity contribution in [2.45, 2.75) is 39.7 Å². The fourth-order valence-corrected chi connectivity index (χ4v) is 2.75. The lowest BCUT2D eigenvalue weighted by Gasteiger charge is -2.17. The van der Waals surface area contributed by atoms with Crippen LogP contribution in [-0.4, -0.2) is 46.5 Å². The van der Waals surface area contributed by atoms with Crippen LogP contribution in [0.2, 0.25) is 0 Å². The van der Waals surface area contributed by atoms with Gasteiger partial charge in [0.25, 0.3) is 0 Å². The van der Waals surface area contributed by atoms with E-state index in [9.17, 15) is 4.79 Å². The van der Waals surface area contributed by atoms with Gasteiger partial charge in [-0.2, -0.15) is 0 Å². The molecule has 0 fully saturated rings. The van der Waals surface area contributed by atoms with Gasteiger partial charge in [-0.25, -0.2) is 4.98 Å². The predicted molar refractivity (Wildman–Crippen MR) is 94.4 cm³/mol. The van der Waals surface area contributed by atoms with Gasteiger partial charge in [-0.05, 0) is 44.6 Å². The van der Waals surface area contributed by atoms with Crippen LogP contribution in [0.3, 0.4) is 0 Å². The maximum atomic E-state index is 12.0. The molecule has 0 radical (unpaired) electrons. The van der Waals surface area contributed by atoms with E-state index in [1.54, 1.807) is 6.33 Å². The number of rotatable bonds is 10. The lowest BCUT2D eigenvalue weighted by atomic mass is 10.2. The Kier molecular flexibility index (Phi) is 7.07. The smallest absolute Gasteiger partial charge is 0.239 e. The minimum absolute atomic E-state index is 0.0527. The highest BCUT2D eigenvalue weighted by molar-refractivity contribution is 5.80. The first kappa shape index (κ1) is 17.5. The van der Waals surface area contributed by atoms with E-state index in [1.165, 1.54) is 6.42 Å². The quantitative estimate of drug-likeness (QED) is 0.686. The van der Waals surface area contributed by atoms with Gasteiger partial charge < -0.3 is 14.8 Å². The van der Waals surface area contributed by atoms with Crippen molar-refractivity contribution in [2.75, 3.05) is 26.2 Å². The van der Waals surface area contributed by atoms with Gasteiger partial charge in [-0.3, -0.25) is 4.79 Å². The van der Waals surface area contributed by atoms with Crippen molar-refractivity contribution in [1.29, 1.82) is 0 Å². The van der Waals surface area contributed by atoms with E-state index in [-0.39, 0.29) is 5.91 Å². The highest BCUT2D eigenvalue weighted by Gasteiger charge is 2.06. The first-order valence-corrected chi connectivity index (χ1v) is 8.63. The molecule has 0 aliphatic heterocycles. The molecule has 2 rings (SSSR count). The molecule has 23 heavy (non-hydrogen) atoms. The van der Waals surface area contributed by atoms with Gasteiger partial charge >= 0.3 is 0 Å². The lowest BCUT2D eigenvalue weighted by molar-refractivity contribution is -0.121. The molecule has 0 bridgehead atoms. The first-order valence-electron chi connectivity index (χ1n) is 8.63. The fourth-order valence-electron chi connectivity index (χ4n) is 2.75. The molecule has 1 N–H and O–H groups in total. The number of amides is 1. The Labute approximate surface area is 138 Å². The van der Waals surface area contributed by atoms with Crippen LogP contribution in [0.5, 0.6) is 0 Å². The molecule has 0 spiro atoms. The number of hydrogen-bond acceptors (Lipinski definition) is 3. The van der Waals surface area contributed by atoms with Crippen LogP contribution < -0.4 is 5.32 Å². The third-order valence-corrected chi connectivity index (χ3v) is 4.21. The maximum Gasteiger partial charge on any atom is 0.239 e. The summed E-state index contributed by atoms with van der Waals surface area (Å²) >= 11 is 0. The third-order valence-electron chi connectivity index (χ3n) is 4.21. The molecule has 0 saturated heterocycles. The molecular weight excluding hydrogens is 288 g/mol. The number of nitrogens with one attached hydrogen (secondary N) is 1. The topological polar surface area (TPSA) is 50.2 Å². The van der Waals surface area contributed by atoms with Gasteiger partial charge in [-0.15, -0.1) is 0 Å². The minimum Gasteiger partial charge on any atom is -0.355 e. The number of fused-ring (bicyclic) bond motifs is 1. The Morgan fingerprint density at radius 1 is 1.17 bits per heavy atom. The number of aromatic nitrogens is 2. The average Bonchev–Trinajstić information content (AvgIpc) is 2.97. The molecule has 0 saturated carbocycles. The van der Waals surface area contributed by atoms with E-state index in [2.05, 4.69) is 29.0 Å². The number of carbonyl (C=O) groups excluding carboxylic acids is 1. The molecule has 1 aromatic carbocycles. The molecule has 1 aromatic heterocycles. The van der Waals surface area contributed by atoms with Crippen LogP contribution >= 0.6 is 0 Å². The summed E-state index contributed by atoms with van der Waals surface area (Å²) in [5.41, 5.74) is 1.93. The monoisotopic (exact) mass is 316 g/mol. The van der Waals surface area contributed by atoms with Crippen LogP contribution in [0.25, 0.3) is 11.0 Å². The van der Waals surface area contributed by atoms with E-state index in [0.717, 1.165) is 50.1 Å².